The molecule has 0 radical (unpaired) electrons. The molecule has 2 heterocycles. The van der Waals surface area contributed by atoms with Gasteiger partial charge in [0, 0.05) is 17.0 Å². The number of hydrogen-bond donors (Lipinski definition) is 2. The number of benzene rings is 1. The molecule has 5 heteroatoms. The number of thiophene rings is 1. The summed E-state index contributed by atoms with van der Waals surface area (Å²) in [6.45, 7) is 3.27. The van der Waals surface area contributed by atoms with Crippen LogP contribution >= 0.6 is 11.3 Å². The highest BCUT2D eigenvalue weighted by molar-refractivity contribution is 7.10. The number of anilines is 2. The van der Waals surface area contributed by atoms with E-state index in [1.807, 2.05) is 18.2 Å². The van der Waals surface area contributed by atoms with Crippen molar-refractivity contribution < 1.29 is 9.47 Å². The maximum atomic E-state index is 6.05. The summed E-state index contributed by atoms with van der Waals surface area (Å²) in [4.78, 5) is 1.27. The third kappa shape index (κ3) is 2.46. The summed E-state index contributed by atoms with van der Waals surface area (Å²) in [5, 5.41) is 5.48. The normalized spacial score (nSPS) is 15.0. The van der Waals surface area contributed by atoms with Crippen molar-refractivity contribution in [3.8, 4) is 11.5 Å². The zero-order valence-corrected chi connectivity index (χ0v) is 11.5. The minimum absolute atomic E-state index is 0.213. The third-order valence-electron chi connectivity index (χ3n) is 3.06. The maximum Gasteiger partial charge on any atom is 0.163 e. The highest BCUT2D eigenvalue weighted by atomic mass is 32.1. The van der Waals surface area contributed by atoms with Crippen molar-refractivity contribution in [3.63, 3.8) is 0 Å². The second-order valence-electron chi connectivity index (χ2n) is 4.46. The molecular formula is C14H16N2O2S. The average Bonchev–Trinajstić information content (AvgIpc) is 2.93. The Kier molecular flexibility index (Phi) is 3.21. The summed E-state index contributed by atoms with van der Waals surface area (Å²) in [7, 11) is 0. The molecule has 1 aromatic carbocycles. The van der Waals surface area contributed by atoms with Crippen molar-refractivity contribution in [3.05, 3.63) is 34.5 Å². The lowest BCUT2D eigenvalue weighted by atomic mass is 10.2. The van der Waals surface area contributed by atoms with E-state index >= 15 is 0 Å². The first kappa shape index (κ1) is 12.2. The SMILES string of the molecule is CC(Nc1cc2c(cc1N)OCCO2)c1cccs1. The molecule has 0 aliphatic carbocycles. The predicted molar refractivity (Wildman–Crippen MR) is 78.2 cm³/mol. The number of nitrogen functional groups attached to an aromatic ring is 1. The maximum absolute atomic E-state index is 6.05. The van der Waals surface area contributed by atoms with Gasteiger partial charge in [0.2, 0.25) is 0 Å². The lowest BCUT2D eigenvalue weighted by molar-refractivity contribution is 0.172. The number of rotatable bonds is 3. The van der Waals surface area contributed by atoms with Gasteiger partial charge in [0.1, 0.15) is 13.2 Å². The van der Waals surface area contributed by atoms with Crippen molar-refractivity contribution in [1.29, 1.82) is 0 Å². The highest BCUT2D eigenvalue weighted by Gasteiger charge is 2.16. The summed E-state index contributed by atoms with van der Waals surface area (Å²) < 4.78 is 11.1. The van der Waals surface area contributed by atoms with Crippen LogP contribution in [0, 0.1) is 0 Å². The zero-order valence-electron chi connectivity index (χ0n) is 10.7. The van der Waals surface area contributed by atoms with Gasteiger partial charge >= 0.3 is 0 Å². The Morgan fingerprint density at radius 3 is 2.68 bits per heavy atom. The number of nitrogens with two attached hydrogens (primary N) is 1. The van der Waals surface area contributed by atoms with Crippen molar-refractivity contribution >= 4 is 22.7 Å². The van der Waals surface area contributed by atoms with Gasteiger partial charge in [-0.1, -0.05) is 6.07 Å². The number of ether oxygens (including phenoxy) is 2. The topological polar surface area (TPSA) is 56.5 Å². The van der Waals surface area contributed by atoms with Gasteiger partial charge in [0.05, 0.1) is 17.4 Å². The number of hydrogen-bond acceptors (Lipinski definition) is 5. The number of fused-ring (bicyclic) bond motifs is 1. The van der Waals surface area contributed by atoms with Gasteiger partial charge in [-0.25, -0.2) is 0 Å². The largest absolute Gasteiger partial charge is 0.486 e. The second kappa shape index (κ2) is 5.01. The van der Waals surface area contributed by atoms with Crippen LogP contribution in [0.2, 0.25) is 0 Å². The molecule has 100 valence electrons. The van der Waals surface area contributed by atoms with Crippen molar-refractivity contribution in [2.75, 3.05) is 24.3 Å². The lowest BCUT2D eigenvalue weighted by Crippen LogP contribution is -2.16. The van der Waals surface area contributed by atoms with Crippen LogP contribution in [0.3, 0.4) is 0 Å². The van der Waals surface area contributed by atoms with Crippen LogP contribution in [0.4, 0.5) is 11.4 Å². The van der Waals surface area contributed by atoms with E-state index in [1.54, 1.807) is 11.3 Å². The molecule has 0 fully saturated rings. The van der Waals surface area contributed by atoms with Gasteiger partial charge in [-0.05, 0) is 18.4 Å². The monoisotopic (exact) mass is 276 g/mol. The van der Waals surface area contributed by atoms with Gasteiger partial charge in [-0.2, -0.15) is 0 Å². The Balaban J connectivity index is 1.84. The molecule has 4 nitrogen and oxygen atoms in total. The van der Waals surface area contributed by atoms with Crippen LogP contribution in [0.1, 0.15) is 17.8 Å². The molecule has 0 amide bonds. The van der Waals surface area contributed by atoms with E-state index in [2.05, 4.69) is 23.7 Å². The summed E-state index contributed by atoms with van der Waals surface area (Å²) in [6, 6.07) is 8.10. The van der Waals surface area contributed by atoms with Crippen LogP contribution in [0.15, 0.2) is 29.6 Å². The molecule has 1 aliphatic rings. The molecule has 0 spiro atoms. The smallest absolute Gasteiger partial charge is 0.163 e. The van der Waals surface area contributed by atoms with E-state index in [4.69, 9.17) is 15.2 Å². The van der Waals surface area contributed by atoms with Crippen LogP contribution in [0.25, 0.3) is 0 Å². The third-order valence-corrected chi connectivity index (χ3v) is 4.11. The van der Waals surface area contributed by atoms with Crippen LogP contribution < -0.4 is 20.5 Å². The average molecular weight is 276 g/mol. The van der Waals surface area contributed by atoms with E-state index in [9.17, 15) is 0 Å². The fraction of sp³-hybridized carbons (Fsp3) is 0.286. The Hall–Kier alpha value is -1.88. The Morgan fingerprint density at radius 1 is 1.26 bits per heavy atom. The lowest BCUT2D eigenvalue weighted by Gasteiger charge is -2.22. The quantitative estimate of drug-likeness (QED) is 0.845. The zero-order chi connectivity index (χ0) is 13.2. The second-order valence-corrected chi connectivity index (χ2v) is 5.44. The van der Waals surface area contributed by atoms with Crippen molar-refractivity contribution in [2.24, 2.45) is 0 Å². The predicted octanol–water partition coefficient (Wildman–Crippen LogP) is 3.27. The van der Waals surface area contributed by atoms with E-state index < -0.39 is 0 Å². The Morgan fingerprint density at radius 2 is 2.00 bits per heavy atom. The fourth-order valence-corrected chi connectivity index (χ4v) is 2.81. The van der Waals surface area contributed by atoms with Crippen LogP contribution in [0.5, 0.6) is 11.5 Å². The standard InChI is InChI=1S/C14H16N2O2S/c1-9(14-3-2-6-19-14)16-11-8-13-12(7-10(11)15)17-4-5-18-13/h2-3,6-9,16H,4-5,15H2,1H3. The van der Waals surface area contributed by atoms with Crippen LogP contribution in [-0.4, -0.2) is 13.2 Å². The summed E-state index contributed by atoms with van der Waals surface area (Å²) in [5.41, 5.74) is 7.61. The molecule has 1 aromatic heterocycles. The van der Waals surface area contributed by atoms with Gasteiger partial charge in [0.15, 0.2) is 11.5 Å². The number of nitrogens with one attached hydrogen (secondary N) is 1. The van der Waals surface area contributed by atoms with E-state index in [0.717, 1.165) is 17.2 Å². The summed E-state index contributed by atoms with van der Waals surface area (Å²) >= 11 is 1.73. The molecule has 0 saturated heterocycles. The van der Waals surface area contributed by atoms with Crippen molar-refractivity contribution in [1.82, 2.24) is 0 Å². The highest BCUT2D eigenvalue weighted by Crippen LogP contribution is 2.38. The molecule has 3 N–H and O–H groups in total. The first-order chi connectivity index (χ1) is 9.24. The summed E-state index contributed by atoms with van der Waals surface area (Å²) in [5.74, 6) is 1.47. The van der Waals surface area contributed by atoms with Gasteiger partial charge in [0.25, 0.3) is 0 Å². The first-order valence-corrected chi connectivity index (χ1v) is 7.11. The Labute approximate surface area is 116 Å². The fourth-order valence-electron chi connectivity index (χ4n) is 2.07. The molecule has 0 saturated carbocycles. The van der Waals surface area contributed by atoms with Gasteiger partial charge in [-0.15, -0.1) is 11.3 Å². The van der Waals surface area contributed by atoms with E-state index in [0.29, 0.717) is 18.9 Å². The first-order valence-electron chi connectivity index (χ1n) is 6.23. The minimum Gasteiger partial charge on any atom is -0.486 e. The molecule has 1 aliphatic heterocycles. The molecule has 0 bridgehead atoms. The van der Waals surface area contributed by atoms with Gasteiger partial charge in [-0.3, -0.25) is 0 Å². The van der Waals surface area contributed by atoms with E-state index in [1.165, 1.54) is 4.88 Å². The molecular weight excluding hydrogens is 260 g/mol. The molecule has 2 aromatic rings. The molecule has 19 heavy (non-hydrogen) atoms. The van der Waals surface area contributed by atoms with E-state index in [-0.39, 0.29) is 6.04 Å². The molecule has 1 unspecified atom stereocenters. The Bertz CT molecular complexity index is 569. The minimum atomic E-state index is 0.213. The summed E-state index contributed by atoms with van der Waals surface area (Å²) in [6.07, 6.45) is 0. The molecule has 3 rings (SSSR count). The van der Waals surface area contributed by atoms with Crippen molar-refractivity contribution in [2.45, 2.75) is 13.0 Å². The van der Waals surface area contributed by atoms with Gasteiger partial charge < -0.3 is 20.5 Å². The van der Waals surface area contributed by atoms with Crippen LogP contribution in [-0.2, 0) is 0 Å². The molecule has 1 atom stereocenters.